The van der Waals surface area contributed by atoms with Crippen LogP contribution in [0.4, 0.5) is 0 Å². The summed E-state index contributed by atoms with van der Waals surface area (Å²) in [5.74, 6) is 0.0880. The third-order valence-electron chi connectivity index (χ3n) is 1.73. The van der Waals surface area contributed by atoms with Gasteiger partial charge in [0.15, 0.2) is 0 Å². The molecule has 0 heterocycles. The van der Waals surface area contributed by atoms with Crippen LogP contribution in [0, 0.1) is 12.3 Å². The highest BCUT2D eigenvalue weighted by molar-refractivity contribution is 5.83. The Balaban J connectivity index is 2.29. The fourth-order valence-electron chi connectivity index (χ4n) is 0.866. The van der Waals surface area contributed by atoms with Gasteiger partial charge in [-0.25, -0.2) is 0 Å². The van der Waals surface area contributed by atoms with Gasteiger partial charge in [-0.15, -0.1) is 0 Å². The largest absolute Gasteiger partial charge is 0.300 e. The normalized spacial score (nSPS) is 22.8. The Morgan fingerprint density at radius 1 is 1.75 bits per heavy atom. The molecule has 0 spiro atoms. The van der Waals surface area contributed by atoms with Crippen molar-refractivity contribution in [3.63, 3.8) is 0 Å². The van der Waals surface area contributed by atoms with E-state index in [2.05, 4.69) is 13.8 Å². The molecule has 0 bridgehead atoms. The first-order valence-electron chi connectivity index (χ1n) is 2.97. The molecule has 45 valence electrons. The van der Waals surface area contributed by atoms with Crippen LogP contribution in [-0.4, -0.2) is 5.78 Å². The van der Waals surface area contributed by atoms with Crippen LogP contribution in [0.1, 0.15) is 26.2 Å². The second kappa shape index (κ2) is 1.57. The maximum atomic E-state index is 10.4. The van der Waals surface area contributed by atoms with Crippen molar-refractivity contribution in [1.82, 2.24) is 0 Å². The monoisotopic (exact) mass is 111 g/mol. The molecule has 0 saturated heterocycles. The maximum absolute atomic E-state index is 10.4. The fraction of sp³-hybridized carbons (Fsp3) is 0.714. The maximum Gasteiger partial charge on any atom is 0.133 e. The molecule has 1 nitrogen and oxygen atoms in total. The molecule has 0 N–H and O–H groups in total. The van der Waals surface area contributed by atoms with E-state index in [1.54, 1.807) is 0 Å². The first-order valence-corrected chi connectivity index (χ1v) is 2.97. The minimum Gasteiger partial charge on any atom is -0.300 e. The van der Waals surface area contributed by atoms with Crippen LogP contribution in [0.3, 0.4) is 0 Å². The number of carbonyl (C=O) groups excluding carboxylic acids is 1. The van der Waals surface area contributed by atoms with Crippen molar-refractivity contribution >= 4 is 5.78 Å². The summed E-state index contributed by atoms with van der Waals surface area (Å²) in [5.41, 5.74) is 0.360. The molecular weight excluding hydrogens is 100 g/mol. The number of hydrogen-bond acceptors (Lipinski definition) is 1. The molecule has 1 saturated carbocycles. The summed E-state index contributed by atoms with van der Waals surface area (Å²) in [7, 11) is 0. The predicted molar refractivity (Wildman–Crippen MR) is 32.3 cm³/mol. The van der Waals surface area contributed by atoms with Crippen molar-refractivity contribution < 1.29 is 4.79 Å². The Hall–Kier alpha value is -0.330. The van der Waals surface area contributed by atoms with E-state index in [0.29, 0.717) is 11.8 Å². The van der Waals surface area contributed by atoms with Gasteiger partial charge in [-0.05, 0) is 18.3 Å². The van der Waals surface area contributed by atoms with Gasteiger partial charge in [0, 0.05) is 13.3 Å². The molecule has 1 aliphatic carbocycles. The van der Waals surface area contributed by atoms with E-state index in [-0.39, 0.29) is 5.78 Å². The van der Waals surface area contributed by atoms with Crippen LogP contribution in [0.15, 0.2) is 0 Å². The summed E-state index contributed by atoms with van der Waals surface area (Å²) < 4.78 is 0. The van der Waals surface area contributed by atoms with Crippen molar-refractivity contribution in [2.45, 2.75) is 26.2 Å². The summed E-state index contributed by atoms with van der Waals surface area (Å²) in [5, 5.41) is 0. The van der Waals surface area contributed by atoms with Crippen molar-refractivity contribution in [2.75, 3.05) is 0 Å². The second-order valence-corrected chi connectivity index (χ2v) is 3.03. The highest BCUT2D eigenvalue weighted by atomic mass is 16.1. The summed E-state index contributed by atoms with van der Waals surface area (Å²) in [6.45, 7) is 5.46. The molecule has 0 aromatic rings. The average molecular weight is 111 g/mol. The van der Waals surface area contributed by atoms with Gasteiger partial charge in [0.25, 0.3) is 0 Å². The third-order valence-corrected chi connectivity index (χ3v) is 1.73. The molecule has 0 aromatic heterocycles. The van der Waals surface area contributed by atoms with Gasteiger partial charge in [-0.1, -0.05) is 6.92 Å². The van der Waals surface area contributed by atoms with Crippen LogP contribution in [0.25, 0.3) is 0 Å². The number of rotatable bonds is 2. The lowest BCUT2D eigenvalue weighted by molar-refractivity contribution is -0.115. The first-order chi connectivity index (χ1) is 3.62. The molecule has 1 radical (unpaired) electrons. The fourth-order valence-corrected chi connectivity index (χ4v) is 0.866. The van der Waals surface area contributed by atoms with Crippen LogP contribution >= 0.6 is 0 Å². The molecule has 0 amide bonds. The van der Waals surface area contributed by atoms with E-state index in [4.69, 9.17) is 0 Å². The minimum absolute atomic E-state index is 0.0880. The lowest BCUT2D eigenvalue weighted by Gasteiger charge is -2.00. The van der Waals surface area contributed by atoms with E-state index in [1.807, 2.05) is 0 Å². The van der Waals surface area contributed by atoms with E-state index >= 15 is 0 Å². The minimum atomic E-state index is 0.0880. The zero-order valence-corrected chi connectivity index (χ0v) is 5.24. The summed E-state index contributed by atoms with van der Waals surface area (Å²) in [4.78, 5) is 10.4. The van der Waals surface area contributed by atoms with E-state index < -0.39 is 0 Å². The number of ketones is 1. The second-order valence-electron chi connectivity index (χ2n) is 3.03. The van der Waals surface area contributed by atoms with Gasteiger partial charge >= 0.3 is 0 Å². The average Bonchev–Trinajstić information content (AvgIpc) is 2.17. The van der Waals surface area contributed by atoms with Gasteiger partial charge in [-0.2, -0.15) is 0 Å². The molecule has 1 aliphatic rings. The quantitative estimate of drug-likeness (QED) is 0.528. The van der Waals surface area contributed by atoms with Gasteiger partial charge in [0.2, 0.25) is 0 Å². The Morgan fingerprint density at radius 3 is 2.38 bits per heavy atom. The van der Waals surface area contributed by atoms with Gasteiger partial charge in [-0.3, -0.25) is 4.79 Å². The van der Waals surface area contributed by atoms with Crippen molar-refractivity contribution in [3.05, 3.63) is 6.92 Å². The summed E-state index contributed by atoms with van der Waals surface area (Å²) >= 11 is 0. The highest BCUT2D eigenvalue weighted by Crippen LogP contribution is 2.47. The van der Waals surface area contributed by atoms with Gasteiger partial charge in [0.1, 0.15) is 5.78 Å². The van der Waals surface area contributed by atoms with E-state index in [0.717, 1.165) is 0 Å². The number of carbonyl (C=O) groups is 1. The molecule has 0 aliphatic heterocycles. The molecule has 0 unspecified atom stereocenters. The van der Waals surface area contributed by atoms with Crippen LogP contribution in [-0.2, 0) is 4.79 Å². The van der Waals surface area contributed by atoms with Crippen molar-refractivity contribution in [2.24, 2.45) is 5.41 Å². The topological polar surface area (TPSA) is 17.1 Å². The highest BCUT2D eigenvalue weighted by Gasteiger charge is 2.37. The molecule has 1 rings (SSSR count). The van der Waals surface area contributed by atoms with E-state index in [9.17, 15) is 4.79 Å². The van der Waals surface area contributed by atoms with E-state index in [1.165, 1.54) is 12.8 Å². The van der Waals surface area contributed by atoms with Crippen LogP contribution in [0.5, 0.6) is 0 Å². The molecule has 1 fully saturated rings. The van der Waals surface area contributed by atoms with Crippen LogP contribution < -0.4 is 0 Å². The lowest BCUT2D eigenvalue weighted by atomic mass is 10.0. The number of Topliss-reactive ketones (excluding diaryl/α,β-unsaturated/α-hetero) is 1. The zero-order valence-electron chi connectivity index (χ0n) is 5.24. The zero-order chi connectivity index (χ0) is 6.20. The summed E-state index contributed by atoms with van der Waals surface area (Å²) in [6.07, 6.45) is 3.12. The molecule has 8 heavy (non-hydrogen) atoms. The third kappa shape index (κ3) is 1.32. The Bertz CT molecular complexity index is 112. The van der Waals surface area contributed by atoms with Crippen molar-refractivity contribution in [3.8, 4) is 0 Å². The standard InChI is InChI=1S/C7H11O/c1-6(8)5-7(2)3-4-7/h1,3-5H2,2H3. The first kappa shape index (κ1) is 5.80. The Labute approximate surface area is 50.1 Å². The molecule has 0 atom stereocenters. The molecule has 0 aromatic carbocycles. The molecular formula is C7H11O. The Morgan fingerprint density at radius 2 is 2.25 bits per heavy atom. The SMILES string of the molecule is [CH2]C(=O)CC1(C)CC1. The smallest absolute Gasteiger partial charge is 0.133 e. The van der Waals surface area contributed by atoms with Gasteiger partial charge in [0.05, 0.1) is 0 Å². The molecule has 1 heteroatoms. The van der Waals surface area contributed by atoms with Crippen molar-refractivity contribution in [1.29, 1.82) is 0 Å². The summed E-state index contributed by atoms with van der Waals surface area (Å²) in [6, 6.07) is 0. The number of hydrogen-bond donors (Lipinski definition) is 0. The van der Waals surface area contributed by atoms with Crippen LogP contribution in [0.2, 0.25) is 0 Å². The predicted octanol–water partition coefficient (Wildman–Crippen LogP) is 1.58. The van der Waals surface area contributed by atoms with Gasteiger partial charge < -0.3 is 0 Å². The Kier molecular flexibility index (Phi) is 1.14. The lowest BCUT2D eigenvalue weighted by Crippen LogP contribution is -2.00.